The molecule has 0 saturated heterocycles. The number of aliphatic hydroxyl groups is 1. The molecule has 2 aliphatic rings. The minimum Gasteiger partial charge on any atom is -0.481 e. The maximum Gasteiger partial charge on any atom is 0.305 e. The molecule has 4 N–H and O–H groups in total. The number of hydrogen-bond donors (Lipinski definition) is 4. The second-order valence-corrected chi connectivity index (χ2v) is 12.7. The third kappa shape index (κ3) is 5.96. The van der Waals surface area contributed by atoms with Crippen LogP contribution in [-0.2, 0) is 19.4 Å². The highest BCUT2D eigenvalue weighted by Crippen LogP contribution is 2.53. The molecule has 0 heterocycles. The fraction of sp³-hybridized carbons (Fsp3) is 0.423. The normalized spacial score (nSPS) is 24.0. The van der Waals surface area contributed by atoms with Gasteiger partial charge in [-0.1, -0.05) is 11.6 Å². The van der Waals surface area contributed by atoms with Gasteiger partial charge in [0.05, 0.1) is 33.6 Å². The third-order valence-electron chi connectivity index (χ3n) is 7.66. The number of sulfone groups is 1. The van der Waals surface area contributed by atoms with Crippen molar-refractivity contribution in [2.24, 2.45) is 11.8 Å². The van der Waals surface area contributed by atoms with E-state index in [0.29, 0.717) is 25.0 Å². The van der Waals surface area contributed by atoms with E-state index in [4.69, 9.17) is 16.7 Å². The lowest BCUT2D eigenvalue weighted by atomic mass is 9.72. The summed E-state index contributed by atoms with van der Waals surface area (Å²) >= 11 is 6.21. The van der Waals surface area contributed by atoms with E-state index in [-0.39, 0.29) is 53.4 Å². The summed E-state index contributed by atoms with van der Waals surface area (Å²) in [7, 11) is -4.13. The van der Waals surface area contributed by atoms with Crippen molar-refractivity contribution >= 4 is 44.9 Å². The van der Waals surface area contributed by atoms with E-state index in [1.807, 2.05) is 0 Å². The minimum absolute atomic E-state index is 0.0403. The lowest BCUT2D eigenvalue weighted by molar-refractivity contribution is -0.137. The molecule has 0 radical (unpaired) electrons. The number of anilines is 1. The van der Waals surface area contributed by atoms with Gasteiger partial charge in [0.1, 0.15) is 0 Å². The molecule has 2 saturated carbocycles. The molecule has 40 heavy (non-hydrogen) atoms. The lowest BCUT2D eigenvalue weighted by Crippen LogP contribution is -2.50. The molecule has 0 aliphatic heterocycles. The molecule has 216 valence electrons. The molecular formula is C26H26ClF3N2O7S. The first kappa shape index (κ1) is 29.8. The van der Waals surface area contributed by atoms with Gasteiger partial charge in [0, 0.05) is 29.9 Å². The molecule has 9 nitrogen and oxygen atoms in total. The molecule has 2 amide bonds. The van der Waals surface area contributed by atoms with Crippen LogP contribution in [0.5, 0.6) is 0 Å². The smallest absolute Gasteiger partial charge is 0.305 e. The molecule has 2 bridgehead atoms. The summed E-state index contributed by atoms with van der Waals surface area (Å²) in [5.41, 5.74) is -2.00. The second kappa shape index (κ2) is 11.4. The predicted octanol–water partition coefficient (Wildman–Crippen LogP) is 3.68. The van der Waals surface area contributed by atoms with Gasteiger partial charge in [0.25, 0.3) is 5.91 Å². The number of fused-ring (bicyclic) bond motifs is 2. The van der Waals surface area contributed by atoms with Gasteiger partial charge in [0.15, 0.2) is 27.3 Å². The van der Waals surface area contributed by atoms with Gasteiger partial charge >= 0.3 is 5.97 Å². The number of rotatable bonds is 9. The fourth-order valence-electron chi connectivity index (χ4n) is 5.65. The molecule has 2 aromatic carbocycles. The summed E-state index contributed by atoms with van der Waals surface area (Å²) in [6.07, 6.45) is 0.521. The first-order chi connectivity index (χ1) is 18.7. The fourth-order valence-corrected chi connectivity index (χ4v) is 8.06. The van der Waals surface area contributed by atoms with E-state index in [1.165, 1.54) is 12.1 Å². The Labute approximate surface area is 232 Å². The molecule has 2 atom stereocenters. The SMILES string of the molecule is O=C(O)CCNC(=O)C[C@]1(O)C2CCC1C[C@@H](S(=O)(=O)c1cc(C(=O)Nc3cc(F)c(F)c(F)c3)ccc1Cl)C2. The molecular weight excluding hydrogens is 577 g/mol. The summed E-state index contributed by atoms with van der Waals surface area (Å²) in [5, 5.41) is 23.6. The molecule has 2 aliphatic carbocycles. The van der Waals surface area contributed by atoms with Crippen LogP contribution in [0.3, 0.4) is 0 Å². The van der Waals surface area contributed by atoms with Crippen molar-refractivity contribution in [3.63, 3.8) is 0 Å². The highest BCUT2D eigenvalue weighted by Gasteiger charge is 2.56. The maximum atomic E-state index is 13.7. The number of hydrogen-bond acceptors (Lipinski definition) is 6. The zero-order valence-electron chi connectivity index (χ0n) is 20.9. The Hall–Kier alpha value is -3.16. The lowest BCUT2D eigenvalue weighted by Gasteiger charge is -2.42. The first-order valence-electron chi connectivity index (χ1n) is 12.4. The quantitative estimate of drug-likeness (QED) is 0.320. The van der Waals surface area contributed by atoms with Crippen LogP contribution in [0.15, 0.2) is 35.2 Å². The van der Waals surface area contributed by atoms with Crippen molar-refractivity contribution in [3.8, 4) is 0 Å². The van der Waals surface area contributed by atoms with Crippen LogP contribution in [0.2, 0.25) is 5.02 Å². The molecule has 2 fully saturated rings. The number of carboxylic acid groups (broad SMARTS) is 1. The van der Waals surface area contributed by atoms with Gasteiger partial charge in [-0.25, -0.2) is 21.6 Å². The Morgan fingerprint density at radius 3 is 2.20 bits per heavy atom. The molecule has 0 aromatic heterocycles. The number of nitrogens with one attached hydrogen (secondary N) is 2. The van der Waals surface area contributed by atoms with Crippen LogP contribution in [0.1, 0.15) is 48.9 Å². The number of carbonyl (C=O) groups is 3. The van der Waals surface area contributed by atoms with Crippen molar-refractivity contribution in [1.29, 1.82) is 0 Å². The maximum absolute atomic E-state index is 13.7. The highest BCUT2D eigenvalue weighted by molar-refractivity contribution is 7.92. The summed E-state index contributed by atoms with van der Waals surface area (Å²) in [4.78, 5) is 35.4. The van der Waals surface area contributed by atoms with E-state index in [0.717, 1.165) is 6.07 Å². The van der Waals surface area contributed by atoms with Crippen molar-refractivity contribution < 1.29 is 46.2 Å². The molecule has 4 rings (SSSR count). The summed E-state index contributed by atoms with van der Waals surface area (Å²) in [6, 6.07) is 4.62. The Morgan fingerprint density at radius 1 is 1.02 bits per heavy atom. The van der Waals surface area contributed by atoms with Gasteiger partial charge in [-0.3, -0.25) is 14.4 Å². The number of benzene rings is 2. The van der Waals surface area contributed by atoms with Crippen LogP contribution in [0.4, 0.5) is 18.9 Å². The Balaban J connectivity index is 1.50. The molecule has 14 heteroatoms. The van der Waals surface area contributed by atoms with Crippen LogP contribution in [0.25, 0.3) is 0 Å². The average Bonchev–Trinajstić information content (AvgIpc) is 3.03. The Bertz CT molecular complexity index is 1430. The predicted molar refractivity (Wildman–Crippen MR) is 137 cm³/mol. The van der Waals surface area contributed by atoms with Crippen molar-refractivity contribution in [2.45, 2.75) is 54.3 Å². The first-order valence-corrected chi connectivity index (χ1v) is 14.3. The van der Waals surface area contributed by atoms with Crippen molar-refractivity contribution in [1.82, 2.24) is 5.32 Å². The van der Waals surface area contributed by atoms with Crippen LogP contribution in [0, 0.1) is 29.3 Å². The third-order valence-corrected chi connectivity index (χ3v) is 10.3. The molecule has 2 unspecified atom stereocenters. The van der Waals surface area contributed by atoms with Crippen LogP contribution < -0.4 is 10.6 Å². The van der Waals surface area contributed by atoms with E-state index >= 15 is 0 Å². The summed E-state index contributed by atoms with van der Waals surface area (Å²) in [5.74, 6) is -8.27. The summed E-state index contributed by atoms with van der Waals surface area (Å²) < 4.78 is 67.6. The highest BCUT2D eigenvalue weighted by atomic mass is 35.5. The Morgan fingerprint density at radius 2 is 1.62 bits per heavy atom. The van der Waals surface area contributed by atoms with E-state index in [1.54, 1.807) is 0 Å². The number of aliphatic carboxylic acids is 1. The molecule has 2 aromatic rings. The second-order valence-electron chi connectivity index (χ2n) is 10.1. The zero-order valence-corrected chi connectivity index (χ0v) is 22.5. The van der Waals surface area contributed by atoms with Crippen LogP contribution >= 0.6 is 11.6 Å². The van der Waals surface area contributed by atoms with Crippen molar-refractivity contribution in [2.75, 3.05) is 11.9 Å². The Kier molecular flexibility index (Phi) is 8.48. The van der Waals surface area contributed by atoms with Crippen LogP contribution in [-0.4, -0.2) is 53.8 Å². The number of amides is 2. The number of carboxylic acids is 1. The summed E-state index contributed by atoms with van der Waals surface area (Å²) in [6.45, 7) is -0.0932. The van der Waals surface area contributed by atoms with Gasteiger partial charge < -0.3 is 20.8 Å². The average molecular weight is 603 g/mol. The molecule has 0 spiro atoms. The zero-order chi connectivity index (χ0) is 29.4. The minimum atomic E-state index is -4.13. The van der Waals surface area contributed by atoms with Gasteiger partial charge in [0.2, 0.25) is 5.91 Å². The van der Waals surface area contributed by atoms with E-state index in [9.17, 15) is 41.1 Å². The largest absolute Gasteiger partial charge is 0.481 e. The monoisotopic (exact) mass is 602 g/mol. The van der Waals surface area contributed by atoms with Gasteiger partial charge in [-0.05, 0) is 55.7 Å². The standard InChI is InChI=1S/C26H26ClF3N2O7S/c27-18-4-1-13(25(36)32-16-10-19(28)24(30)20(29)11-16)7-21(18)40(38,39)17-8-14-2-3-15(9-17)26(14,37)12-22(33)31-6-5-23(34)35/h1,4,7,10-11,14-15,17,37H,2-3,5-6,8-9,12H2,(H,31,33)(H,32,36)(H,34,35)/t14?,15?,17-,26-. The van der Waals surface area contributed by atoms with E-state index in [2.05, 4.69) is 10.6 Å². The van der Waals surface area contributed by atoms with Gasteiger partial charge in [-0.15, -0.1) is 0 Å². The topological polar surface area (TPSA) is 150 Å². The van der Waals surface area contributed by atoms with Crippen molar-refractivity contribution in [3.05, 3.63) is 58.4 Å². The van der Waals surface area contributed by atoms with E-state index < -0.39 is 67.8 Å². The number of carbonyl (C=O) groups excluding carboxylic acids is 2. The number of halogens is 4. The van der Waals surface area contributed by atoms with Gasteiger partial charge in [-0.2, -0.15) is 0 Å².